The second kappa shape index (κ2) is 8.62. The number of aryl methyl sites for hydroxylation is 2. The summed E-state index contributed by atoms with van der Waals surface area (Å²) in [6, 6.07) is 11.8. The van der Waals surface area contributed by atoms with Crippen molar-refractivity contribution in [3.63, 3.8) is 0 Å². The van der Waals surface area contributed by atoms with Crippen molar-refractivity contribution < 1.29 is 9.59 Å². The minimum Gasteiger partial charge on any atom is -0.353 e. The summed E-state index contributed by atoms with van der Waals surface area (Å²) in [5, 5.41) is 6.63. The van der Waals surface area contributed by atoms with Gasteiger partial charge in [-0.2, -0.15) is 0 Å². The van der Waals surface area contributed by atoms with Crippen molar-refractivity contribution in [1.82, 2.24) is 15.3 Å². The SMILES string of the molecule is Cc1ccc(-c2nc(C)sc2CC(=O)Nc2ccc(N3CCNC(=O)C3)nc2)cc1. The van der Waals surface area contributed by atoms with Crippen LogP contribution in [0.2, 0.25) is 0 Å². The molecule has 0 spiro atoms. The van der Waals surface area contributed by atoms with E-state index in [-0.39, 0.29) is 18.2 Å². The highest BCUT2D eigenvalue weighted by atomic mass is 32.1. The Morgan fingerprint density at radius 3 is 2.70 bits per heavy atom. The quantitative estimate of drug-likeness (QED) is 0.661. The molecule has 1 aliphatic heterocycles. The molecule has 154 valence electrons. The van der Waals surface area contributed by atoms with Gasteiger partial charge in [-0.15, -0.1) is 11.3 Å². The van der Waals surface area contributed by atoms with Gasteiger partial charge in [-0.3, -0.25) is 9.59 Å². The Morgan fingerprint density at radius 1 is 1.20 bits per heavy atom. The second-order valence-corrected chi connectivity index (χ2v) is 8.56. The van der Waals surface area contributed by atoms with Crippen LogP contribution in [0.5, 0.6) is 0 Å². The van der Waals surface area contributed by atoms with Crippen molar-refractivity contribution in [2.24, 2.45) is 0 Å². The van der Waals surface area contributed by atoms with Gasteiger partial charge < -0.3 is 15.5 Å². The molecule has 0 aliphatic carbocycles. The summed E-state index contributed by atoms with van der Waals surface area (Å²) in [6.07, 6.45) is 1.88. The number of carbonyl (C=O) groups is 2. The van der Waals surface area contributed by atoms with E-state index in [1.54, 1.807) is 17.5 Å². The Kier molecular flexibility index (Phi) is 5.76. The lowest BCUT2D eigenvalue weighted by Crippen LogP contribution is -2.48. The lowest BCUT2D eigenvalue weighted by atomic mass is 10.1. The average Bonchev–Trinajstić information content (AvgIpc) is 3.09. The van der Waals surface area contributed by atoms with E-state index in [2.05, 4.69) is 20.6 Å². The van der Waals surface area contributed by atoms with Crippen molar-refractivity contribution in [2.75, 3.05) is 29.9 Å². The smallest absolute Gasteiger partial charge is 0.239 e. The number of carbonyl (C=O) groups excluding carboxylic acids is 2. The predicted molar refractivity (Wildman–Crippen MR) is 119 cm³/mol. The molecule has 1 saturated heterocycles. The molecule has 4 rings (SSSR count). The molecule has 2 amide bonds. The maximum absolute atomic E-state index is 12.6. The van der Waals surface area contributed by atoms with Crippen LogP contribution in [-0.4, -0.2) is 41.4 Å². The van der Waals surface area contributed by atoms with Gasteiger partial charge in [0, 0.05) is 23.5 Å². The highest BCUT2D eigenvalue weighted by Gasteiger charge is 2.18. The van der Waals surface area contributed by atoms with Crippen LogP contribution in [0.15, 0.2) is 42.6 Å². The summed E-state index contributed by atoms with van der Waals surface area (Å²) >= 11 is 1.54. The van der Waals surface area contributed by atoms with Crippen molar-refractivity contribution in [2.45, 2.75) is 20.3 Å². The van der Waals surface area contributed by atoms with Crippen molar-refractivity contribution >= 4 is 34.7 Å². The van der Waals surface area contributed by atoms with Crippen molar-refractivity contribution in [1.29, 1.82) is 0 Å². The summed E-state index contributed by atoms with van der Waals surface area (Å²) in [4.78, 5) is 36.1. The number of thiazole rings is 1. The van der Waals surface area contributed by atoms with Gasteiger partial charge in [-0.25, -0.2) is 9.97 Å². The fraction of sp³-hybridized carbons (Fsp3) is 0.273. The molecule has 1 aliphatic rings. The van der Waals surface area contributed by atoms with Crippen LogP contribution in [0.3, 0.4) is 0 Å². The van der Waals surface area contributed by atoms with Gasteiger partial charge in [0.05, 0.1) is 35.6 Å². The van der Waals surface area contributed by atoms with Gasteiger partial charge in [-0.1, -0.05) is 29.8 Å². The third-order valence-corrected chi connectivity index (χ3v) is 5.82. The summed E-state index contributed by atoms with van der Waals surface area (Å²) in [5.74, 6) is 0.603. The number of rotatable bonds is 5. The van der Waals surface area contributed by atoms with E-state index in [0.717, 1.165) is 33.5 Å². The van der Waals surface area contributed by atoms with E-state index in [1.807, 2.05) is 55.1 Å². The maximum Gasteiger partial charge on any atom is 0.239 e. The highest BCUT2D eigenvalue weighted by molar-refractivity contribution is 7.12. The van der Waals surface area contributed by atoms with Crippen LogP contribution < -0.4 is 15.5 Å². The summed E-state index contributed by atoms with van der Waals surface area (Å²) in [5.41, 5.74) is 3.70. The van der Waals surface area contributed by atoms with Gasteiger partial charge in [0.2, 0.25) is 11.8 Å². The highest BCUT2D eigenvalue weighted by Crippen LogP contribution is 2.29. The first-order chi connectivity index (χ1) is 14.5. The van der Waals surface area contributed by atoms with Gasteiger partial charge in [-0.05, 0) is 26.0 Å². The molecule has 3 aromatic rings. The number of pyridine rings is 1. The van der Waals surface area contributed by atoms with E-state index in [9.17, 15) is 9.59 Å². The zero-order chi connectivity index (χ0) is 21.1. The van der Waals surface area contributed by atoms with Crippen LogP contribution in [0.1, 0.15) is 15.4 Å². The summed E-state index contributed by atoms with van der Waals surface area (Å²) < 4.78 is 0. The van der Waals surface area contributed by atoms with E-state index in [0.29, 0.717) is 18.8 Å². The minimum atomic E-state index is -0.112. The predicted octanol–water partition coefficient (Wildman–Crippen LogP) is 2.94. The number of piperazine rings is 1. The zero-order valence-electron chi connectivity index (χ0n) is 16.9. The molecule has 0 radical (unpaired) electrons. The standard InChI is InChI=1S/C22H23N5O2S/c1-14-3-5-16(6-4-14)22-18(30-15(2)25-22)11-20(28)26-17-7-8-19(24-12-17)27-10-9-23-21(29)13-27/h3-8,12H,9-11,13H2,1-2H3,(H,23,29)(H,26,28). The lowest BCUT2D eigenvalue weighted by Gasteiger charge is -2.27. The third-order valence-electron chi connectivity index (χ3n) is 4.84. The van der Waals surface area contributed by atoms with Crippen LogP contribution in [0, 0.1) is 13.8 Å². The zero-order valence-corrected chi connectivity index (χ0v) is 17.8. The van der Waals surface area contributed by atoms with Gasteiger partial charge >= 0.3 is 0 Å². The van der Waals surface area contributed by atoms with E-state index in [1.165, 1.54) is 5.56 Å². The number of hydrogen-bond acceptors (Lipinski definition) is 6. The average molecular weight is 422 g/mol. The minimum absolute atomic E-state index is 0.00957. The molecule has 7 nitrogen and oxygen atoms in total. The summed E-state index contributed by atoms with van der Waals surface area (Å²) in [7, 11) is 0. The van der Waals surface area contributed by atoms with E-state index in [4.69, 9.17) is 0 Å². The molecule has 0 bridgehead atoms. The second-order valence-electron chi connectivity index (χ2n) is 7.27. The Morgan fingerprint density at radius 2 is 2.00 bits per heavy atom. The first-order valence-electron chi connectivity index (χ1n) is 9.79. The van der Waals surface area contributed by atoms with Crippen LogP contribution in [0.25, 0.3) is 11.3 Å². The molecule has 1 fully saturated rings. The first kappa shape index (κ1) is 20.0. The Hall–Kier alpha value is -3.26. The third kappa shape index (κ3) is 4.65. The van der Waals surface area contributed by atoms with Crippen LogP contribution >= 0.6 is 11.3 Å². The number of anilines is 2. The van der Waals surface area contributed by atoms with Crippen molar-refractivity contribution in [3.8, 4) is 11.3 Å². The van der Waals surface area contributed by atoms with Gasteiger partial charge in [0.25, 0.3) is 0 Å². The molecule has 1 aromatic carbocycles. The molecular weight excluding hydrogens is 398 g/mol. The Labute approximate surface area is 179 Å². The lowest BCUT2D eigenvalue weighted by molar-refractivity contribution is -0.120. The largest absolute Gasteiger partial charge is 0.353 e. The fourth-order valence-corrected chi connectivity index (χ4v) is 4.32. The number of benzene rings is 1. The number of nitrogens with zero attached hydrogens (tertiary/aromatic N) is 3. The molecule has 8 heteroatoms. The van der Waals surface area contributed by atoms with Gasteiger partial charge in [0.15, 0.2) is 0 Å². The molecule has 2 aromatic heterocycles. The topological polar surface area (TPSA) is 87.2 Å². The Balaban J connectivity index is 1.43. The van der Waals surface area contributed by atoms with E-state index < -0.39 is 0 Å². The van der Waals surface area contributed by atoms with Crippen molar-refractivity contribution in [3.05, 3.63) is 58.0 Å². The maximum atomic E-state index is 12.6. The number of aromatic nitrogens is 2. The molecular formula is C22H23N5O2S. The molecule has 0 saturated carbocycles. The molecule has 3 heterocycles. The van der Waals surface area contributed by atoms with Crippen LogP contribution in [0.4, 0.5) is 11.5 Å². The fourth-order valence-electron chi connectivity index (χ4n) is 3.36. The normalized spacial score (nSPS) is 13.8. The first-order valence-corrected chi connectivity index (χ1v) is 10.6. The molecule has 30 heavy (non-hydrogen) atoms. The molecule has 0 atom stereocenters. The van der Waals surface area contributed by atoms with Gasteiger partial charge in [0.1, 0.15) is 5.82 Å². The van der Waals surface area contributed by atoms with E-state index >= 15 is 0 Å². The number of hydrogen-bond donors (Lipinski definition) is 2. The monoisotopic (exact) mass is 421 g/mol. The number of nitrogens with one attached hydrogen (secondary N) is 2. The van der Waals surface area contributed by atoms with Crippen LogP contribution in [-0.2, 0) is 16.0 Å². The molecule has 0 unspecified atom stereocenters. The molecule has 2 N–H and O–H groups in total. The summed E-state index contributed by atoms with van der Waals surface area (Å²) in [6.45, 7) is 5.62. The number of amides is 2. The Bertz CT molecular complexity index is 1060.